The van der Waals surface area contributed by atoms with Crippen LogP contribution in [0, 0.1) is 11.7 Å². The van der Waals surface area contributed by atoms with Crippen molar-refractivity contribution >= 4 is 18.3 Å². The summed E-state index contributed by atoms with van der Waals surface area (Å²) in [6.07, 6.45) is 0. The van der Waals surface area contributed by atoms with Gasteiger partial charge in [-0.1, -0.05) is 0 Å². The lowest BCUT2D eigenvalue weighted by Crippen LogP contribution is -2.48. The predicted molar refractivity (Wildman–Crippen MR) is 69.0 cm³/mol. The first-order valence-electron chi connectivity index (χ1n) is 5.79. The lowest BCUT2D eigenvalue weighted by atomic mass is 10.0. The van der Waals surface area contributed by atoms with E-state index in [4.69, 9.17) is 0 Å². The number of amides is 1. The molecule has 1 aromatic carbocycles. The van der Waals surface area contributed by atoms with Crippen molar-refractivity contribution in [2.24, 2.45) is 5.92 Å². The molecule has 2 N–H and O–H groups in total. The van der Waals surface area contributed by atoms with E-state index in [1.807, 2.05) is 0 Å². The maximum atomic E-state index is 13.0. The van der Waals surface area contributed by atoms with Gasteiger partial charge in [-0.2, -0.15) is 8.78 Å². The minimum absolute atomic E-state index is 0. The standard InChI is InChI=1S/C12H13F3N2O2.ClH/c13-8-1-2-9(10(3-8)19-12(14)15)11(18)17-6-7-4-16-5-7;/h1-3,7,12,16H,4-6H2,(H,17,18);1H. The topological polar surface area (TPSA) is 50.4 Å². The van der Waals surface area contributed by atoms with E-state index in [0.717, 1.165) is 31.3 Å². The van der Waals surface area contributed by atoms with Gasteiger partial charge in [0.2, 0.25) is 0 Å². The van der Waals surface area contributed by atoms with Gasteiger partial charge < -0.3 is 15.4 Å². The molecule has 1 amide bonds. The fourth-order valence-corrected chi connectivity index (χ4v) is 1.70. The van der Waals surface area contributed by atoms with Gasteiger partial charge >= 0.3 is 6.61 Å². The number of alkyl halides is 2. The Hall–Kier alpha value is -1.47. The highest BCUT2D eigenvalue weighted by molar-refractivity contribution is 5.96. The third kappa shape index (κ3) is 4.28. The molecule has 0 bridgehead atoms. The van der Waals surface area contributed by atoms with Crippen molar-refractivity contribution in [2.75, 3.05) is 19.6 Å². The Kier molecular flexibility index (Phi) is 6.09. The van der Waals surface area contributed by atoms with E-state index >= 15 is 0 Å². The largest absolute Gasteiger partial charge is 0.434 e. The number of benzene rings is 1. The predicted octanol–water partition coefficient (Wildman–Crippen LogP) is 1.80. The number of nitrogens with one attached hydrogen (secondary N) is 2. The molecule has 1 aliphatic rings. The van der Waals surface area contributed by atoms with Gasteiger partial charge in [0.1, 0.15) is 11.6 Å². The monoisotopic (exact) mass is 310 g/mol. The summed E-state index contributed by atoms with van der Waals surface area (Å²) in [6, 6.07) is 2.92. The summed E-state index contributed by atoms with van der Waals surface area (Å²) in [6.45, 7) is -1.05. The van der Waals surface area contributed by atoms with Crippen LogP contribution in [0.5, 0.6) is 5.75 Å². The number of carbonyl (C=O) groups is 1. The number of halogens is 4. The van der Waals surface area contributed by atoms with Crippen molar-refractivity contribution in [1.82, 2.24) is 10.6 Å². The van der Waals surface area contributed by atoms with Crippen LogP contribution in [-0.2, 0) is 0 Å². The van der Waals surface area contributed by atoms with Crippen LogP contribution in [-0.4, -0.2) is 32.2 Å². The molecule has 0 radical (unpaired) electrons. The van der Waals surface area contributed by atoms with Gasteiger partial charge in [0.05, 0.1) is 5.56 Å². The van der Waals surface area contributed by atoms with Gasteiger partial charge in [-0.15, -0.1) is 12.4 Å². The Morgan fingerprint density at radius 3 is 2.70 bits per heavy atom. The molecule has 8 heteroatoms. The second-order valence-corrected chi connectivity index (χ2v) is 4.25. The molecule has 112 valence electrons. The zero-order chi connectivity index (χ0) is 13.8. The van der Waals surface area contributed by atoms with Gasteiger partial charge in [-0.25, -0.2) is 4.39 Å². The summed E-state index contributed by atoms with van der Waals surface area (Å²) in [5.41, 5.74) is -0.103. The fourth-order valence-electron chi connectivity index (χ4n) is 1.70. The summed E-state index contributed by atoms with van der Waals surface area (Å²) in [5, 5.41) is 5.65. The average Bonchev–Trinajstić information content (AvgIpc) is 2.25. The molecule has 0 atom stereocenters. The molecule has 2 rings (SSSR count). The highest BCUT2D eigenvalue weighted by Crippen LogP contribution is 2.22. The Morgan fingerprint density at radius 2 is 2.15 bits per heavy atom. The first-order valence-corrected chi connectivity index (χ1v) is 5.79. The lowest BCUT2D eigenvalue weighted by molar-refractivity contribution is -0.0503. The second kappa shape index (κ2) is 7.35. The van der Waals surface area contributed by atoms with Crippen LogP contribution in [0.15, 0.2) is 18.2 Å². The van der Waals surface area contributed by atoms with E-state index in [0.29, 0.717) is 12.5 Å². The zero-order valence-corrected chi connectivity index (χ0v) is 11.2. The van der Waals surface area contributed by atoms with Gasteiger partial charge in [0.15, 0.2) is 0 Å². The number of rotatable bonds is 5. The van der Waals surface area contributed by atoms with Crippen LogP contribution >= 0.6 is 12.4 Å². The van der Waals surface area contributed by atoms with E-state index in [1.165, 1.54) is 0 Å². The fraction of sp³-hybridized carbons (Fsp3) is 0.417. The molecule has 0 aliphatic carbocycles. The molecule has 1 fully saturated rings. The van der Waals surface area contributed by atoms with Crippen LogP contribution in [0.1, 0.15) is 10.4 Å². The van der Waals surface area contributed by atoms with Gasteiger partial charge in [-0.05, 0) is 12.1 Å². The van der Waals surface area contributed by atoms with E-state index in [1.54, 1.807) is 0 Å². The first kappa shape index (κ1) is 16.6. The number of hydrogen-bond acceptors (Lipinski definition) is 3. The minimum Gasteiger partial charge on any atom is -0.434 e. The Balaban J connectivity index is 0.00000200. The second-order valence-electron chi connectivity index (χ2n) is 4.25. The molecule has 1 heterocycles. The first-order chi connectivity index (χ1) is 9.06. The van der Waals surface area contributed by atoms with E-state index in [9.17, 15) is 18.0 Å². The van der Waals surface area contributed by atoms with Crippen LogP contribution < -0.4 is 15.4 Å². The van der Waals surface area contributed by atoms with Gasteiger partial charge in [-0.3, -0.25) is 4.79 Å². The molecule has 1 saturated heterocycles. The van der Waals surface area contributed by atoms with Crippen molar-refractivity contribution in [3.05, 3.63) is 29.6 Å². The molecular weight excluding hydrogens is 297 g/mol. The van der Waals surface area contributed by atoms with Gasteiger partial charge in [0, 0.05) is 31.6 Å². The molecule has 0 aromatic heterocycles. The highest BCUT2D eigenvalue weighted by Gasteiger charge is 2.20. The third-order valence-electron chi connectivity index (χ3n) is 2.82. The molecule has 1 aliphatic heterocycles. The number of ether oxygens (including phenoxy) is 1. The Morgan fingerprint density at radius 1 is 1.45 bits per heavy atom. The number of carbonyl (C=O) groups excluding carboxylic acids is 1. The van der Waals surface area contributed by atoms with E-state index in [-0.39, 0.29) is 18.0 Å². The summed E-state index contributed by atoms with van der Waals surface area (Å²) < 4.78 is 41.5. The summed E-state index contributed by atoms with van der Waals surface area (Å²) in [7, 11) is 0. The quantitative estimate of drug-likeness (QED) is 0.872. The highest BCUT2D eigenvalue weighted by atomic mass is 35.5. The molecule has 0 saturated carbocycles. The maximum absolute atomic E-state index is 13.0. The van der Waals surface area contributed by atoms with Crippen LogP contribution in [0.4, 0.5) is 13.2 Å². The van der Waals surface area contributed by atoms with Crippen molar-refractivity contribution in [3.63, 3.8) is 0 Å². The van der Waals surface area contributed by atoms with E-state index < -0.39 is 24.1 Å². The molecule has 20 heavy (non-hydrogen) atoms. The lowest BCUT2D eigenvalue weighted by Gasteiger charge is -2.27. The normalized spacial score (nSPS) is 14.4. The van der Waals surface area contributed by atoms with Crippen LogP contribution in [0.2, 0.25) is 0 Å². The summed E-state index contributed by atoms with van der Waals surface area (Å²) in [5.74, 6) is -1.42. The van der Waals surface area contributed by atoms with Crippen molar-refractivity contribution in [3.8, 4) is 5.75 Å². The molecular formula is C12H14ClF3N2O2. The Bertz CT molecular complexity index is 470. The van der Waals surface area contributed by atoms with Gasteiger partial charge in [0.25, 0.3) is 5.91 Å². The minimum atomic E-state index is -3.11. The third-order valence-corrected chi connectivity index (χ3v) is 2.82. The SMILES string of the molecule is Cl.O=C(NCC1CNC1)c1ccc(F)cc1OC(F)F. The molecule has 4 nitrogen and oxygen atoms in total. The summed E-state index contributed by atoms with van der Waals surface area (Å²) in [4.78, 5) is 11.8. The summed E-state index contributed by atoms with van der Waals surface area (Å²) >= 11 is 0. The van der Waals surface area contributed by atoms with Crippen LogP contribution in [0.3, 0.4) is 0 Å². The average molecular weight is 311 g/mol. The van der Waals surface area contributed by atoms with Crippen molar-refractivity contribution < 1.29 is 22.7 Å². The van der Waals surface area contributed by atoms with Crippen LogP contribution in [0.25, 0.3) is 0 Å². The van der Waals surface area contributed by atoms with Crippen molar-refractivity contribution in [1.29, 1.82) is 0 Å². The molecule has 1 aromatic rings. The smallest absolute Gasteiger partial charge is 0.387 e. The number of hydrogen-bond donors (Lipinski definition) is 2. The Labute approximate surface area is 120 Å². The van der Waals surface area contributed by atoms with E-state index in [2.05, 4.69) is 15.4 Å². The molecule has 0 spiro atoms. The maximum Gasteiger partial charge on any atom is 0.387 e. The van der Waals surface area contributed by atoms with Crippen molar-refractivity contribution in [2.45, 2.75) is 6.61 Å². The molecule has 0 unspecified atom stereocenters. The zero-order valence-electron chi connectivity index (χ0n) is 10.4.